The minimum absolute atomic E-state index is 0.0331. The van der Waals surface area contributed by atoms with E-state index in [0.717, 1.165) is 5.56 Å². The number of piperazine rings is 1. The number of carbonyl (C=O) groups is 3. The third kappa shape index (κ3) is 3.92. The van der Waals surface area contributed by atoms with Gasteiger partial charge in [0, 0.05) is 38.2 Å². The van der Waals surface area contributed by atoms with Crippen molar-refractivity contribution < 1.29 is 19.1 Å². The Bertz CT molecular complexity index is 668. The first-order valence-electron chi connectivity index (χ1n) is 8.56. The summed E-state index contributed by atoms with van der Waals surface area (Å²) in [6, 6.07) is 7.09. The SMILES string of the molecule is COc1ccccc1CC(=O)N1CCN(C(=O)C2CCC(=O)N2)CC1. The van der Waals surface area contributed by atoms with E-state index in [2.05, 4.69) is 5.32 Å². The van der Waals surface area contributed by atoms with Crippen LogP contribution in [0.1, 0.15) is 18.4 Å². The second-order valence-electron chi connectivity index (χ2n) is 6.35. The van der Waals surface area contributed by atoms with Gasteiger partial charge in [-0.1, -0.05) is 18.2 Å². The molecule has 7 nitrogen and oxygen atoms in total. The number of nitrogens with zero attached hydrogens (tertiary/aromatic N) is 2. The molecule has 1 unspecified atom stereocenters. The van der Waals surface area contributed by atoms with E-state index in [9.17, 15) is 14.4 Å². The Morgan fingerprint density at radius 1 is 1.16 bits per heavy atom. The van der Waals surface area contributed by atoms with Crippen LogP contribution in [0.25, 0.3) is 0 Å². The lowest BCUT2D eigenvalue weighted by Gasteiger charge is -2.36. The Morgan fingerprint density at radius 3 is 2.48 bits per heavy atom. The molecule has 2 aliphatic rings. The van der Waals surface area contributed by atoms with Crippen molar-refractivity contribution >= 4 is 17.7 Å². The van der Waals surface area contributed by atoms with Gasteiger partial charge in [0.15, 0.2) is 0 Å². The second kappa shape index (κ2) is 7.55. The largest absolute Gasteiger partial charge is 0.496 e. The highest BCUT2D eigenvalue weighted by atomic mass is 16.5. The molecule has 1 aromatic rings. The van der Waals surface area contributed by atoms with Crippen LogP contribution in [0.3, 0.4) is 0 Å². The molecule has 0 aromatic heterocycles. The molecule has 2 aliphatic heterocycles. The van der Waals surface area contributed by atoms with Gasteiger partial charge < -0.3 is 19.9 Å². The van der Waals surface area contributed by atoms with Crippen LogP contribution in [0.2, 0.25) is 0 Å². The van der Waals surface area contributed by atoms with Gasteiger partial charge in [-0.15, -0.1) is 0 Å². The number of hydrogen-bond donors (Lipinski definition) is 1. The first-order valence-corrected chi connectivity index (χ1v) is 8.56. The van der Waals surface area contributed by atoms with E-state index in [0.29, 0.717) is 44.8 Å². The summed E-state index contributed by atoms with van der Waals surface area (Å²) in [6.45, 7) is 2.03. The number of benzene rings is 1. The Kier molecular flexibility index (Phi) is 5.21. The van der Waals surface area contributed by atoms with Crippen molar-refractivity contribution in [3.05, 3.63) is 29.8 Å². The molecule has 2 fully saturated rings. The normalized spacial score (nSPS) is 20.4. The van der Waals surface area contributed by atoms with Crippen molar-refractivity contribution in [1.82, 2.24) is 15.1 Å². The maximum atomic E-state index is 12.5. The molecular weight excluding hydrogens is 322 g/mol. The maximum absolute atomic E-state index is 12.5. The number of nitrogens with one attached hydrogen (secondary N) is 1. The molecule has 0 spiro atoms. The van der Waals surface area contributed by atoms with Crippen molar-refractivity contribution in [3.8, 4) is 5.75 Å². The third-order valence-electron chi connectivity index (χ3n) is 4.77. The fourth-order valence-corrected chi connectivity index (χ4v) is 3.32. The van der Waals surface area contributed by atoms with E-state index in [-0.39, 0.29) is 24.1 Å². The minimum atomic E-state index is -0.400. The molecule has 1 atom stereocenters. The van der Waals surface area contributed by atoms with Crippen LogP contribution in [0.5, 0.6) is 5.75 Å². The zero-order valence-electron chi connectivity index (χ0n) is 14.4. The summed E-state index contributed by atoms with van der Waals surface area (Å²) in [4.78, 5) is 39.7. The first-order chi connectivity index (χ1) is 12.1. The topological polar surface area (TPSA) is 79.0 Å². The molecule has 0 saturated carbocycles. The predicted molar refractivity (Wildman–Crippen MR) is 91.0 cm³/mol. The van der Waals surface area contributed by atoms with Crippen molar-refractivity contribution in [2.75, 3.05) is 33.3 Å². The second-order valence-corrected chi connectivity index (χ2v) is 6.35. The molecule has 3 amide bonds. The highest BCUT2D eigenvalue weighted by Crippen LogP contribution is 2.19. The summed E-state index contributed by atoms with van der Waals surface area (Å²) in [7, 11) is 1.59. The number of hydrogen-bond acceptors (Lipinski definition) is 4. The van der Waals surface area contributed by atoms with Crippen LogP contribution >= 0.6 is 0 Å². The fraction of sp³-hybridized carbons (Fsp3) is 0.500. The van der Waals surface area contributed by atoms with Crippen molar-refractivity contribution in [2.24, 2.45) is 0 Å². The number of carbonyl (C=O) groups excluding carboxylic acids is 3. The molecule has 7 heteroatoms. The monoisotopic (exact) mass is 345 g/mol. The summed E-state index contributed by atoms with van der Waals surface area (Å²) in [6.07, 6.45) is 1.26. The molecule has 0 radical (unpaired) electrons. The van der Waals surface area contributed by atoms with Gasteiger partial charge in [0.05, 0.1) is 13.5 Å². The van der Waals surface area contributed by atoms with E-state index in [1.807, 2.05) is 24.3 Å². The van der Waals surface area contributed by atoms with Crippen LogP contribution in [0, 0.1) is 0 Å². The molecule has 134 valence electrons. The molecule has 2 saturated heterocycles. The highest BCUT2D eigenvalue weighted by Gasteiger charge is 2.33. The number of amides is 3. The Hall–Kier alpha value is -2.57. The fourth-order valence-electron chi connectivity index (χ4n) is 3.32. The van der Waals surface area contributed by atoms with Crippen molar-refractivity contribution in [3.63, 3.8) is 0 Å². The van der Waals surface area contributed by atoms with Crippen LogP contribution in [0.15, 0.2) is 24.3 Å². The number of para-hydroxylation sites is 1. The minimum Gasteiger partial charge on any atom is -0.496 e. The quantitative estimate of drug-likeness (QED) is 0.845. The highest BCUT2D eigenvalue weighted by molar-refractivity contribution is 5.91. The number of methoxy groups -OCH3 is 1. The van der Waals surface area contributed by atoms with Gasteiger partial charge in [0.1, 0.15) is 11.8 Å². The lowest BCUT2D eigenvalue weighted by molar-refractivity contribution is -0.140. The zero-order chi connectivity index (χ0) is 17.8. The van der Waals surface area contributed by atoms with Crippen molar-refractivity contribution in [1.29, 1.82) is 0 Å². The number of rotatable bonds is 4. The molecule has 0 aliphatic carbocycles. The van der Waals surface area contributed by atoms with Gasteiger partial charge in [-0.25, -0.2) is 0 Å². The van der Waals surface area contributed by atoms with Gasteiger partial charge in [0.25, 0.3) is 0 Å². The molecule has 1 aromatic carbocycles. The van der Waals surface area contributed by atoms with E-state index < -0.39 is 6.04 Å². The van der Waals surface area contributed by atoms with Crippen LogP contribution in [-0.2, 0) is 20.8 Å². The van der Waals surface area contributed by atoms with E-state index in [1.165, 1.54) is 0 Å². The smallest absolute Gasteiger partial charge is 0.245 e. The summed E-state index contributed by atoms with van der Waals surface area (Å²) in [5, 5.41) is 2.71. The standard InChI is InChI=1S/C18H23N3O4/c1-25-15-5-3-2-4-13(15)12-17(23)20-8-10-21(11-9-20)18(24)14-6-7-16(22)19-14/h2-5,14H,6-12H2,1H3,(H,19,22). The van der Waals surface area contributed by atoms with E-state index >= 15 is 0 Å². The summed E-state index contributed by atoms with van der Waals surface area (Å²) < 4.78 is 5.29. The van der Waals surface area contributed by atoms with Crippen LogP contribution in [-0.4, -0.2) is 66.9 Å². The lowest BCUT2D eigenvalue weighted by atomic mass is 10.1. The molecule has 3 rings (SSSR count). The Labute approximate surface area is 146 Å². The molecule has 25 heavy (non-hydrogen) atoms. The lowest BCUT2D eigenvalue weighted by Crippen LogP contribution is -2.54. The van der Waals surface area contributed by atoms with E-state index in [1.54, 1.807) is 16.9 Å². The molecular formula is C18H23N3O4. The molecule has 2 heterocycles. The summed E-state index contributed by atoms with van der Waals surface area (Å²) in [5.41, 5.74) is 0.863. The predicted octanol–water partition coefficient (Wildman–Crippen LogP) is 0.187. The Morgan fingerprint density at radius 2 is 1.84 bits per heavy atom. The summed E-state index contributed by atoms with van der Waals surface area (Å²) >= 11 is 0. The van der Waals surface area contributed by atoms with Gasteiger partial charge in [-0.3, -0.25) is 14.4 Å². The average Bonchev–Trinajstić information content (AvgIpc) is 3.08. The first kappa shape index (κ1) is 17.3. The van der Waals surface area contributed by atoms with Gasteiger partial charge in [0.2, 0.25) is 17.7 Å². The maximum Gasteiger partial charge on any atom is 0.245 e. The van der Waals surface area contributed by atoms with Gasteiger partial charge in [-0.2, -0.15) is 0 Å². The average molecular weight is 345 g/mol. The van der Waals surface area contributed by atoms with Gasteiger partial charge in [-0.05, 0) is 12.5 Å². The van der Waals surface area contributed by atoms with Crippen molar-refractivity contribution in [2.45, 2.75) is 25.3 Å². The van der Waals surface area contributed by atoms with E-state index in [4.69, 9.17) is 4.74 Å². The zero-order valence-corrected chi connectivity index (χ0v) is 14.4. The van der Waals surface area contributed by atoms with Gasteiger partial charge >= 0.3 is 0 Å². The summed E-state index contributed by atoms with van der Waals surface area (Å²) in [5.74, 6) is 0.638. The van der Waals surface area contributed by atoms with Crippen LogP contribution in [0.4, 0.5) is 0 Å². The van der Waals surface area contributed by atoms with Crippen LogP contribution < -0.4 is 10.1 Å². The molecule has 0 bridgehead atoms. The Balaban J connectivity index is 1.52. The molecule has 1 N–H and O–H groups in total. The number of ether oxygens (including phenoxy) is 1. The third-order valence-corrected chi connectivity index (χ3v) is 4.77.